The summed E-state index contributed by atoms with van der Waals surface area (Å²) in [7, 11) is 1.49. The third kappa shape index (κ3) is 3.82. The molecule has 1 unspecified atom stereocenters. The van der Waals surface area contributed by atoms with Crippen molar-refractivity contribution in [3.8, 4) is 0 Å². The summed E-state index contributed by atoms with van der Waals surface area (Å²) in [4.78, 5) is 15.5. The van der Waals surface area contributed by atoms with Gasteiger partial charge >= 0.3 is 5.97 Å². The lowest BCUT2D eigenvalue weighted by molar-refractivity contribution is -0.146. The summed E-state index contributed by atoms with van der Waals surface area (Å²) in [5.74, 6) is -0.0966. The van der Waals surface area contributed by atoms with Crippen LogP contribution < -0.4 is 0 Å². The average Bonchev–Trinajstić information content (AvgIpc) is 2.91. The van der Waals surface area contributed by atoms with Gasteiger partial charge in [-0.25, -0.2) is 0 Å². The van der Waals surface area contributed by atoms with E-state index in [0.29, 0.717) is 0 Å². The molecule has 0 bridgehead atoms. The molecule has 1 aliphatic heterocycles. The Bertz CT molecular complexity index is 358. The van der Waals surface area contributed by atoms with Crippen LogP contribution in [0.2, 0.25) is 0 Å². The molecule has 1 aromatic heterocycles. The Hall–Kier alpha value is -0.870. The van der Waals surface area contributed by atoms with Crippen molar-refractivity contribution in [3.05, 3.63) is 22.4 Å². The fraction of sp³-hybridized carbons (Fsp3) is 0.643. The fourth-order valence-corrected chi connectivity index (χ4v) is 3.30. The Morgan fingerprint density at radius 2 is 2.22 bits per heavy atom. The summed E-state index contributed by atoms with van der Waals surface area (Å²) in [5.41, 5.74) is 0. The maximum Gasteiger partial charge on any atom is 0.310 e. The summed E-state index contributed by atoms with van der Waals surface area (Å²) in [5, 5.41) is 2.06. The number of thiophene rings is 1. The molecule has 0 aliphatic carbocycles. The van der Waals surface area contributed by atoms with Crippen LogP contribution in [0.4, 0.5) is 0 Å². The van der Waals surface area contributed by atoms with Crippen molar-refractivity contribution in [3.63, 3.8) is 0 Å². The first kappa shape index (κ1) is 13.6. The molecular weight excluding hydrogens is 246 g/mol. The van der Waals surface area contributed by atoms with Gasteiger partial charge in [0.05, 0.1) is 13.0 Å². The first-order chi connectivity index (χ1) is 8.79. The molecule has 1 atom stereocenters. The Morgan fingerprint density at radius 1 is 1.44 bits per heavy atom. The highest BCUT2D eigenvalue weighted by atomic mass is 32.1. The number of hydrogen-bond acceptors (Lipinski definition) is 4. The van der Waals surface area contributed by atoms with Crippen molar-refractivity contribution < 1.29 is 9.53 Å². The highest BCUT2D eigenvalue weighted by molar-refractivity contribution is 7.09. The number of carbonyl (C=O) groups excluding carboxylic acids is 1. The minimum atomic E-state index is -0.0750. The number of hydrogen-bond donors (Lipinski definition) is 0. The van der Waals surface area contributed by atoms with Crippen LogP contribution in [0.15, 0.2) is 17.5 Å². The lowest BCUT2D eigenvalue weighted by Crippen LogP contribution is -2.38. The van der Waals surface area contributed by atoms with Gasteiger partial charge in [0.15, 0.2) is 0 Å². The fourth-order valence-electron chi connectivity index (χ4n) is 2.51. The van der Waals surface area contributed by atoms with Crippen molar-refractivity contribution in [2.45, 2.75) is 25.7 Å². The van der Waals surface area contributed by atoms with E-state index in [1.54, 1.807) is 11.3 Å². The number of likely N-dealkylation sites (tertiary alicyclic amines) is 1. The molecule has 1 saturated heterocycles. The second kappa shape index (κ2) is 6.90. The molecule has 100 valence electrons. The summed E-state index contributed by atoms with van der Waals surface area (Å²) in [6.07, 6.45) is 4.64. The third-order valence-corrected chi connectivity index (χ3v) is 4.39. The minimum absolute atomic E-state index is 0.0215. The molecule has 18 heavy (non-hydrogen) atoms. The lowest BCUT2D eigenvalue weighted by atomic mass is 10.0. The quantitative estimate of drug-likeness (QED) is 0.768. The Morgan fingerprint density at radius 3 is 2.83 bits per heavy atom. The topological polar surface area (TPSA) is 29.5 Å². The van der Waals surface area contributed by atoms with E-state index in [2.05, 4.69) is 16.3 Å². The van der Waals surface area contributed by atoms with Gasteiger partial charge in [0.1, 0.15) is 0 Å². The van der Waals surface area contributed by atoms with Crippen LogP contribution in [0.3, 0.4) is 0 Å². The van der Waals surface area contributed by atoms with Crippen molar-refractivity contribution in [1.29, 1.82) is 0 Å². The number of methoxy groups -OCH3 is 1. The van der Waals surface area contributed by atoms with Crippen molar-refractivity contribution in [2.75, 3.05) is 26.7 Å². The maximum absolute atomic E-state index is 11.9. The lowest BCUT2D eigenvalue weighted by Gasteiger charge is -2.29. The van der Waals surface area contributed by atoms with Crippen LogP contribution >= 0.6 is 11.3 Å². The largest absolute Gasteiger partial charge is 0.469 e. The second-order valence-electron chi connectivity index (χ2n) is 4.86. The predicted octanol–water partition coefficient (Wildman–Crippen LogP) is 2.57. The summed E-state index contributed by atoms with van der Waals surface area (Å²) < 4.78 is 4.94. The molecule has 2 rings (SSSR count). The van der Waals surface area contributed by atoms with E-state index in [0.717, 1.165) is 26.1 Å². The molecule has 0 saturated carbocycles. The third-order valence-electron chi connectivity index (χ3n) is 3.49. The number of ether oxygens (including phenoxy) is 1. The van der Waals surface area contributed by atoms with Crippen LogP contribution in [0.25, 0.3) is 0 Å². The molecule has 1 fully saturated rings. The highest BCUT2D eigenvalue weighted by Crippen LogP contribution is 2.18. The average molecular weight is 267 g/mol. The van der Waals surface area contributed by atoms with Gasteiger partial charge in [-0.1, -0.05) is 12.5 Å². The molecule has 0 spiro atoms. The van der Waals surface area contributed by atoms with Gasteiger partial charge in [0.25, 0.3) is 0 Å². The SMILES string of the molecule is COC(=O)C(Cc1cccs1)CN1CCCCC1. The number of nitrogens with zero attached hydrogens (tertiary/aromatic N) is 1. The van der Waals surface area contributed by atoms with E-state index in [9.17, 15) is 4.79 Å². The number of esters is 1. The zero-order valence-corrected chi connectivity index (χ0v) is 11.7. The molecule has 4 heteroatoms. The summed E-state index contributed by atoms with van der Waals surface area (Å²) >= 11 is 1.71. The number of rotatable bonds is 5. The summed E-state index contributed by atoms with van der Waals surface area (Å²) in [6.45, 7) is 3.08. The van der Waals surface area contributed by atoms with Crippen molar-refractivity contribution >= 4 is 17.3 Å². The molecule has 1 aliphatic rings. The zero-order valence-electron chi connectivity index (χ0n) is 10.9. The molecule has 0 N–H and O–H groups in total. The van der Waals surface area contributed by atoms with Gasteiger partial charge in [0, 0.05) is 11.4 Å². The van der Waals surface area contributed by atoms with E-state index < -0.39 is 0 Å². The highest BCUT2D eigenvalue weighted by Gasteiger charge is 2.24. The zero-order chi connectivity index (χ0) is 12.8. The van der Waals surface area contributed by atoms with Gasteiger partial charge in [-0.05, 0) is 43.8 Å². The summed E-state index contributed by atoms with van der Waals surface area (Å²) in [6, 6.07) is 4.13. The number of carbonyl (C=O) groups is 1. The van der Waals surface area contributed by atoms with E-state index in [1.165, 1.54) is 31.2 Å². The predicted molar refractivity (Wildman–Crippen MR) is 73.8 cm³/mol. The Kier molecular flexibility index (Phi) is 5.20. The minimum Gasteiger partial charge on any atom is -0.469 e. The van der Waals surface area contributed by atoms with Crippen LogP contribution in [-0.2, 0) is 16.0 Å². The Balaban J connectivity index is 1.93. The number of piperidine rings is 1. The molecule has 0 aromatic carbocycles. The van der Waals surface area contributed by atoms with Gasteiger partial charge < -0.3 is 9.64 Å². The van der Waals surface area contributed by atoms with Crippen LogP contribution in [0.5, 0.6) is 0 Å². The molecule has 2 heterocycles. The standard InChI is InChI=1S/C14H21NO2S/c1-17-14(16)12(10-13-6-5-9-18-13)11-15-7-3-2-4-8-15/h5-6,9,12H,2-4,7-8,10-11H2,1H3. The van der Waals surface area contributed by atoms with E-state index in [-0.39, 0.29) is 11.9 Å². The van der Waals surface area contributed by atoms with Gasteiger partial charge in [-0.15, -0.1) is 11.3 Å². The van der Waals surface area contributed by atoms with Crippen LogP contribution in [0, 0.1) is 5.92 Å². The second-order valence-corrected chi connectivity index (χ2v) is 5.90. The molecule has 3 nitrogen and oxygen atoms in total. The van der Waals surface area contributed by atoms with E-state index in [4.69, 9.17) is 4.74 Å². The smallest absolute Gasteiger partial charge is 0.310 e. The van der Waals surface area contributed by atoms with Gasteiger partial charge in [0.2, 0.25) is 0 Å². The monoisotopic (exact) mass is 267 g/mol. The van der Waals surface area contributed by atoms with E-state index in [1.807, 2.05) is 6.07 Å². The van der Waals surface area contributed by atoms with Gasteiger partial charge in [-0.3, -0.25) is 4.79 Å². The first-order valence-corrected chi connectivity index (χ1v) is 7.50. The molecule has 0 radical (unpaired) electrons. The van der Waals surface area contributed by atoms with Crippen molar-refractivity contribution in [1.82, 2.24) is 4.90 Å². The normalized spacial score (nSPS) is 18.5. The van der Waals surface area contributed by atoms with Crippen LogP contribution in [-0.4, -0.2) is 37.6 Å². The molecular formula is C14H21NO2S. The molecule has 0 amide bonds. The van der Waals surface area contributed by atoms with Crippen molar-refractivity contribution in [2.24, 2.45) is 5.92 Å². The van der Waals surface area contributed by atoms with Crippen LogP contribution in [0.1, 0.15) is 24.1 Å². The van der Waals surface area contributed by atoms with E-state index >= 15 is 0 Å². The molecule has 1 aromatic rings. The first-order valence-electron chi connectivity index (χ1n) is 6.62. The van der Waals surface area contributed by atoms with Gasteiger partial charge in [-0.2, -0.15) is 0 Å². The Labute approximate surface area is 113 Å². The maximum atomic E-state index is 11.9.